The van der Waals surface area contributed by atoms with Crippen molar-refractivity contribution in [1.82, 2.24) is 16.0 Å². The predicted octanol–water partition coefficient (Wildman–Crippen LogP) is -0.993. The van der Waals surface area contributed by atoms with E-state index in [-0.39, 0.29) is 24.5 Å². The molecule has 31 heavy (non-hydrogen) atoms. The second-order valence-electron chi connectivity index (χ2n) is 7.63. The Morgan fingerprint density at radius 1 is 1.29 bits per heavy atom. The molecule has 0 aliphatic carbocycles. The summed E-state index contributed by atoms with van der Waals surface area (Å²) in [5.41, 5.74) is 12.2. The van der Waals surface area contributed by atoms with Crippen LogP contribution in [0.4, 0.5) is 0 Å². The number of phenolic OH excluding ortho intramolecular Hbond substituents is 1. The van der Waals surface area contributed by atoms with Crippen LogP contribution in [0.3, 0.4) is 0 Å². The first-order valence-corrected chi connectivity index (χ1v) is 11.8. The molecule has 2 rings (SSSR count). The molecule has 1 saturated heterocycles. The molecular weight excluding hydrogens is 442 g/mol. The van der Waals surface area contributed by atoms with Crippen molar-refractivity contribution < 1.29 is 24.3 Å². The normalized spacial score (nSPS) is 22.9. The van der Waals surface area contributed by atoms with Crippen molar-refractivity contribution in [1.29, 1.82) is 0 Å². The van der Waals surface area contributed by atoms with E-state index in [1.807, 2.05) is 0 Å². The minimum absolute atomic E-state index is 0.107. The van der Waals surface area contributed by atoms with Gasteiger partial charge in [-0.2, -0.15) is 0 Å². The molecule has 1 aromatic carbocycles. The SMILES string of the molecule is CC1(C)SSC[C@@H](NC(=O)[C@@H](N)Cc2ccc(O)cc2)C(=O)NCC(=O)N[C@H]1C(N)=O. The first-order chi connectivity index (χ1) is 14.5. The third-order valence-electron chi connectivity index (χ3n) is 4.58. The highest BCUT2D eigenvalue weighted by atomic mass is 33.1. The maximum atomic E-state index is 12.6. The van der Waals surface area contributed by atoms with Crippen molar-refractivity contribution >= 4 is 45.2 Å². The number of hydrogen-bond acceptors (Lipinski definition) is 8. The number of carbonyl (C=O) groups excluding carboxylic acids is 4. The molecule has 1 aliphatic rings. The summed E-state index contributed by atoms with van der Waals surface area (Å²) in [6.45, 7) is 3.16. The largest absolute Gasteiger partial charge is 0.508 e. The Labute approximate surface area is 188 Å². The minimum Gasteiger partial charge on any atom is -0.508 e. The van der Waals surface area contributed by atoms with Gasteiger partial charge >= 0.3 is 0 Å². The fourth-order valence-corrected chi connectivity index (χ4v) is 5.66. The van der Waals surface area contributed by atoms with Crippen LogP contribution in [-0.2, 0) is 25.6 Å². The molecule has 4 amide bonds. The second-order valence-corrected chi connectivity index (χ2v) is 10.6. The van der Waals surface area contributed by atoms with Gasteiger partial charge in [-0.3, -0.25) is 19.2 Å². The number of benzene rings is 1. The van der Waals surface area contributed by atoms with Crippen molar-refractivity contribution in [3.05, 3.63) is 29.8 Å². The number of hydrogen-bond donors (Lipinski definition) is 6. The van der Waals surface area contributed by atoms with Crippen molar-refractivity contribution in [2.45, 2.75) is 43.1 Å². The number of rotatable bonds is 5. The lowest BCUT2D eigenvalue weighted by atomic mass is 10.0. The third kappa shape index (κ3) is 7.33. The van der Waals surface area contributed by atoms with E-state index >= 15 is 0 Å². The molecule has 1 aliphatic heterocycles. The second kappa shape index (κ2) is 10.7. The molecule has 1 aromatic rings. The summed E-state index contributed by atoms with van der Waals surface area (Å²) < 4.78 is -0.747. The van der Waals surface area contributed by atoms with Gasteiger partial charge in [-0.05, 0) is 38.0 Å². The van der Waals surface area contributed by atoms with E-state index in [1.165, 1.54) is 33.7 Å². The highest BCUT2D eigenvalue weighted by Gasteiger charge is 2.37. The quantitative estimate of drug-likeness (QED) is 0.298. The third-order valence-corrected chi connectivity index (χ3v) is 7.88. The number of primary amides is 1. The van der Waals surface area contributed by atoms with Crippen LogP contribution in [0.15, 0.2) is 24.3 Å². The number of amides is 4. The Kier molecular flexibility index (Phi) is 8.60. The van der Waals surface area contributed by atoms with Crippen molar-refractivity contribution in [2.75, 3.05) is 12.3 Å². The molecule has 0 radical (unpaired) electrons. The van der Waals surface area contributed by atoms with Crippen LogP contribution in [0.1, 0.15) is 19.4 Å². The maximum Gasteiger partial charge on any atom is 0.243 e. The van der Waals surface area contributed by atoms with Crippen LogP contribution in [-0.4, -0.2) is 63.9 Å². The van der Waals surface area contributed by atoms with Gasteiger partial charge in [-0.1, -0.05) is 33.7 Å². The Hall–Kier alpha value is -2.44. The van der Waals surface area contributed by atoms with Gasteiger partial charge in [-0.15, -0.1) is 0 Å². The lowest BCUT2D eigenvalue weighted by Gasteiger charge is -2.31. The van der Waals surface area contributed by atoms with E-state index in [0.717, 1.165) is 5.56 Å². The number of phenols is 1. The average Bonchev–Trinajstić information content (AvgIpc) is 2.71. The summed E-state index contributed by atoms with van der Waals surface area (Å²) in [6.07, 6.45) is 0.220. The molecular formula is C19H27N5O5S2. The van der Waals surface area contributed by atoms with Crippen LogP contribution in [0.5, 0.6) is 5.75 Å². The van der Waals surface area contributed by atoms with Crippen molar-refractivity contribution in [2.24, 2.45) is 11.5 Å². The predicted molar refractivity (Wildman–Crippen MR) is 120 cm³/mol. The molecule has 1 heterocycles. The van der Waals surface area contributed by atoms with Crippen LogP contribution in [0, 0.1) is 0 Å². The molecule has 0 saturated carbocycles. The monoisotopic (exact) mass is 469 g/mol. The Balaban J connectivity index is 2.06. The zero-order chi connectivity index (χ0) is 23.2. The highest BCUT2D eigenvalue weighted by Crippen LogP contribution is 2.38. The van der Waals surface area contributed by atoms with Gasteiger partial charge in [0.05, 0.1) is 12.6 Å². The van der Waals surface area contributed by atoms with Crippen LogP contribution < -0.4 is 27.4 Å². The zero-order valence-corrected chi connectivity index (χ0v) is 18.8. The van der Waals surface area contributed by atoms with Gasteiger partial charge in [0.2, 0.25) is 23.6 Å². The number of carbonyl (C=O) groups is 4. The molecule has 0 bridgehead atoms. The lowest BCUT2D eigenvalue weighted by molar-refractivity contribution is -0.131. The zero-order valence-electron chi connectivity index (χ0n) is 17.2. The van der Waals surface area contributed by atoms with E-state index in [4.69, 9.17) is 11.5 Å². The molecule has 8 N–H and O–H groups in total. The fourth-order valence-electron chi connectivity index (χ4n) is 2.83. The molecule has 0 aromatic heterocycles. The average molecular weight is 470 g/mol. The highest BCUT2D eigenvalue weighted by molar-refractivity contribution is 8.77. The van der Waals surface area contributed by atoms with Gasteiger partial charge < -0.3 is 32.5 Å². The summed E-state index contributed by atoms with van der Waals surface area (Å²) in [4.78, 5) is 49.0. The van der Waals surface area contributed by atoms with Crippen LogP contribution >= 0.6 is 21.6 Å². The van der Waals surface area contributed by atoms with E-state index in [2.05, 4.69) is 16.0 Å². The number of nitrogens with two attached hydrogens (primary N) is 2. The molecule has 12 heteroatoms. The van der Waals surface area contributed by atoms with Crippen molar-refractivity contribution in [3.63, 3.8) is 0 Å². The van der Waals surface area contributed by atoms with E-state index in [1.54, 1.807) is 26.0 Å². The van der Waals surface area contributed by atoms with Gasteiger partial charge in [0.1, 0.15) is 17.8 Å². The minimum atomic E-state index is -0.931. The van der Waals surface area contributed by atoms with Gasteiger partial charge in [0, 0.05) is 10.5 Å². The summed E-state index contributed by atoms with van der Waals surface area (Å²) >= 11 is 0. The van der Waals surface area contributed by atoms with Gasteiger partial charge in [0.15, 0.2) is 0 Å². The lowest BCUT2D eigenvalue weighted by Crippen LogP contribution is -2.57. The number of nitrogens with one attached hydrogen (secondary N) is 3. The molecule has 1 fully saturated rings. The smallest absolute Gasteiger partial charge is 0.243 e. The molecule has 0 unspecified atom stereocenters. The van der Waals surface area contributed by atoms with Crippen LogP contribution in [0.2, 0.25) is 0 Å². The van der Waals surface area contributed by atoms with Gasteiger partial charge in [0.25, 0.3) is 0 Å². The Morgan fingerprint density at radius 3 is 2.55 bits per heavy atom. The van der Waals surface area contributed by atoms with E-state index < -0.39 is 46.5 Å². The standard InChI is InChI=1S/C19H27N5O5S2/c1-19(2)15(16(21)27)24-14(26)8-22-18(29)13(9-30-31-19)23-17(28)12(20)7-10-3-5-11(25)6-4-10/h3-6,12-13,15,25H,7-9,20H2,1-2H3,(H2,21,27)(H,22,29)(H,23,28)(H,24,26)/t12-,13+,15-/m0/s1. The number of aromatic hydroxyl groups is 1. The van der Waals surface area contributed by atoms with Crippen molar-refractivity contribution in [3.8, 4) is 5.75 Å². The van der Waals surface area contributed by atoms with E-state index in [0.29, 0.717) is 0 Å². The molecule has 10 nitrogen and oxygen atoms in total. The first-order valence-electron chi connectivity index (χ1n) is 9.50. The van der Waals surface area contributed by atoms with E-state index in [9.17, 15) is 24.3 Å². The maximum absolute atomic E-state index is 12.6. The topological polar surface area (TPSA) is 177 Å². The molecule has 3 atom stereocenters. The molecule has 0 spiro atoms. The summed E-state index contributed by atoms with van der Waals surface area (Å²) in [5, 5.41) is 17.0. The Morgan fingerprint density at radius 2 is 1.94 bits per heavy atom. The first kappa shape index (κ1) is 24.8. The summed E-state index contributed by atoms with van der Waals surface area (Å²) in [5.74, 6) is -2.00. The fraction of sp³-hybridized carbons (Fsp3) is 0.474. The molecule has 170 valence electrons. The Bertz CT molecular complexity index is 833. The van der Waals surface area contributed by atoms with Gasteiger partial charge in [-0.25, -0.2) is 0 Å². The summed E-state index contributed by atoms with van der Waals surface area (Å²) in [6, 6.07) is 3.54. The van der Waals surface area contributed by atoms with Crippen LogP contribution in [0.25, 0.3) is 0 Å². The summed E-state index contributed by atoms with van der Waals surface area (Å²) in [7, 11) is 2.56.